The van der Waals surface area contributed by atoms with Crippen LogP contribution in [-0.2, 0) is 0 Å². The third kappa shape index (κ3) is 2.14. The van der Waals surface area contributed by atoms with E-state index in [0.717, 1.165) is 24.2 Å². The van der Waals surface area contributed by atoms with Gasteiger partial charge in [-0.2, -0.15) is 0 Å². The Labute approximate surface area is 111 Å². The van der Waals surface area contributed by atoms with Crippen LogP contribution in [0.15, 0.2) is 12.7 Å². The van der Waals surface area contributed by atoms with E-state index in [4.69, 9.17) is 5.84 Å². The first-order chi connectivity index (χ1) is 8.75. The molecule has 0 aromatic rings. The van der Waals surface area contributed by atoms with Crippen molar-refractivity contribution in [2.24, 2.45) is 29.0 Å². The molecular weight excluding hydrogens is 220 g/mol. The number of unbranched alkanes of at least 4 members (excludes halogenated alkanes) is 1. The van der Waals surface area contributed by atoms with Crippen molar-refractivity contribution < 1.29 is 0 Å². The van der Waals surface area contributed by atoms with Gasteiger partial charge in [0.25, 0.3) is 0 Å². The molecule has 102 valence electrons. The van der Waals surface area contributed by atoms with Gasteiger partial charge in [0.05, 0.1) is 0 Å². The lowest BCUT2D eigenvalue weighted by Crippen LogP contribution is -2.57. The topological polar surface area (TPSA) is 38.0 Å². The number of hydrazine groups is 1. The Morgan fingerprint density at radius 2 is 1.72 bits per heavy atom. The Hall–Kier alpha value is -0.340. The van der Waals surface area contributed by atoms with E-state index in [1.165, 1.54) is 51.4 Å². The highest BCUT2D eigenvalue weighted by Crippen LogP contribution is 2.61. The van der Waals surface area contributed by atoms with Gasteiger partial charge in [0.1, 0.15) is 0 Å². The highest BCUT2D eigenvalue weighted by Gasteiger charge is 2.53. The number of nitrogens with two attached hydrogens (primary N) is 1. The molecule has 2 nitrogen and oxygen atoms in total. The Balaban J connectivity index is 1.70. The van der Waals surface area contributed by atoms with Crippen LogP contribution in [0.1, 0.15) is 57.8 Å². The summed E-state index contributed by atoms with van der Waals surface area (Å²) in [6, 6.07) is 0.547. The van der Waals surface area contributed by atoms with Crippen molar-refractivity contribution in [3.63, 3.8) is 0 Å². The van der Waals surface area contributed by atoms with E-state index in [1.54, 1.807) is 0 Å². The second-order valence-electron chi connectivity index (χ2n) is 7.22. The molecule has 0 aromatic carbocycles. The van der Waals surface area contributed by atoms with Crippen LogP contribution in [0.2, 0.25) is 0 Å². The van der Waals surface area contributed by atoms with Crippen LogP contribution < -0.4 is 11.3 Å². The second kappa shape index (κ2) is 4.97. The summed E-state index contributed by atoms with van der Waals surface area (Å²) in [6.45, 7) is 3.82. The molecule has 1 atom stereocenters. The van der Waals surface area contributed by atoms with Crippen molar-refractivity contribution in [2.45, 2.75) is 63.8 Å². The van der Waals surface area contributed by atoms with Crippen LogP contribution in [0.25, 0.3) is 0 Å². The highest BCUT2D eigenvalue weighted by molar-refractivity contribution is 5.05. The van der Waals surface area contributed by atoms with E-state index in [1.807, 2.05) is 6.08 Å². The number of allylic oxidation sites excluding steroid dienone is 1. The predicted molar refractivity (Wildman–Crippen MR) is 75.8 cm³/mol. The first kappa shape index (κ1) is 12.7. The van der Waals surface area contributed by atoms with Crippen LogP contribution in [0.3, 0.4) is 0 Å². The minimum Gasteiger partial charge on any atom is -0.271 e. The first-order valence-electron chi connectivity index (χ1n) is 7.83. The molecule has 0 heterocycles. The fourth-order valence-electron chi connectivity index (χ4n) is 5.64. The van der Waals surface area contributed by atoms with Crippen molar-refractivity contribution >= 4 is 0 Å². The molecule has 0 aliphatic heterocycles. The van der Waals surface area contributed by atoms with Gasteiger partial charge in [-0.25, -0.2) is 0 Å². The summed E-state index contributed by atoms with van der Waals surface area (Å²) in [7, 11) is 0. The van der Waals surface area contributed by atoms with E-state index in [-0.39, 0.29) is 0 Å². The van der Waals surface area contributed by atoms with Crippen LogP contribution in [0, 0.1) is 23.2 Å². The SMILES string of the molecule is C=CCCCC(NN)C12CC3CC(CC(C3)C1)C2. The smallest absolute Gasteiger partial charge is 0.0267 e. The zero-order valence-corrected chi connectivity index (χ0v) is 11.5. The van der Waals surface area contributed by atoms with Gasteiger partial charge in [0.15, 0.2) is 0 Å². The van der Waals surface area contributed by atoms with Crippen molar-refractivity contribution in [1.82, 2.24) is 5.43 Å². The molecule has 0 spiro atoms. The molecule has 4 bridgehead atoms. The molecule has 1 unspecified atom stereocenters. The van der Waals surface area contributed by atoms with Gasteiger partial charge in [-0.15, -0.1) is 6.58 Å². The van der Waals surface area contributed by atoms with Crippen LogP contribution in [-0.4, -0.2) is 6.04 Å². The van der Waals surface area contributed by atoms with Gasteiger partial charge in [-0.3, -0.25) is 11.3 Å². The molecule has 3 N–H and O–H groups in total. The lowest BCUT2D eigenvalue weighted by molar-refractivity contribution is -0.0755. The summed E-state index contributed by atoms with van der Waals surface area (Å²) in [6.07, 6.45) is 14.5. The number of nitrogens with one attached hydrogen (secondary N) is 1. The average molecular weight is 248 g/mol. The van der Waals surface area contributed by atoms with E-state index in [2.05, 4.69) is 12.0 Å². The van der Waals surface area contributed by atoms with Gasteiger partial charge >= 0.3 is 0 Å². The van der Waals surface area contributed by atoms with Crippen molar-refractivity contribution in [2.75, 3.05) is 0 Å². The highest BCUT2D eigenvalue weighted by atomic mass is 15.2. The number of hydrogen-bond donors (Lipinski definition) is 2. The maximum absolute atomic E-state index is 5.90. The molecule has 4 aliphatic rings. The maximum atomic E-state index is 5.90. The lowest BCUT2D eigenvalue weighted by atomic mass is 9.47. The molecule has 0 amide bonds. The van der Waals surface area contributed by atoms with Gasteiger partial charge in [0.2, 0.25) is 0 Å². The summed E-state index contributed by atoms with van der Waals surface area (Å²) in [4.78, 5) is 0. The molecule has 18 heavy (non-hydrogen) atoms. The normalized spacial score (nSPS) is 43.1. The summed E-state index contributed by atoms with van der Waals surface area (Å²) in [5, 5.41) is 0. The molecule has 2 heteroatoms. The standard InChI is InChI=1S/C16H28N2/c1-2-3-4-5-15(18-17)16-9-12-6-13(10-16)8-14(7-12)11-16/h2,12-15,18H,1,3-11,17H2. The third-order valence-corrected chi connectivity index (χ3v) is 5.93. The molecule has 4 saturated carbocycles. The van der Waals surface area contributed by atoms with Crippen molar-refractivity contribution in [3.8, 4) is 0 Å². The van der Waals surface area contributed by atoms with Gasteiger partial charge in [0, 0.05) is 6.04 Å². The fourth-order valence-corrected chi connectivity index (χ4v) is 5.64. The monoisotopic (exact) mass is 248 g/mol. The van der Waals surface area contributed by atoms with E-state index in [0.29, 0.717) is 11.5 Å². The molecule has 4 aliphatic carbocycles. The summed E-state index contributed by atoms with van der Waals surface area (Å²) in [5.41, 5.74) is 3.73. The molecule has 4 fully saturated rings. The molecule has 0 aromatic heterocycles. The third-order valence-electron chi connectivity index (χ3n) is 5.93. The Morgan fingerprint density at radius 1 is 1.17 bits per heavy atom. The van der Waals surface area contributed by atoms with Crippen molar-refractivity contribution in [1.29, 1.82) is 0 Å². The fraction of sp³-hybridized carbons (Fsp3) is 0.875. The van der Waals surface area contributed by atoms with Crippen LogP contribution >= 0.6 is 0 Å². The van der Waals surface area contributed by atoms with E-state index >= 15 is 0 Å². The van der Waals surface area contributed by atoms with Crippen LogP contribution in [0.4, 0.5) is 0 Å². The molecular formula is C16H28N2. The number of hydrogen-bond acceptors (Lipinski definition) is 2. The summed E-state index contributed by atoms with van der Waals surface area (Å²) >= 11 is 0. The van der Waals surface area contributed by atoms with E-state index in [9.17, 15) is 0 Å². The molecule has 0 radical (unpaired) electrons. The number of rotatable bonds is 6. The maximum Gasteiger partial charge on any atom is 0.0267 e. The second-order valence-corrected chi connectivity index (χ2v) is 7.22. The minimum absolute atomic E-state index is 0.546. The average Bonchev–Trinajstić information content (AvgIpc) is 2.32. The summed E-state index contributed by atoms with van der Waals surface area (Å²) in [5.74, 6) is 8.96. The zero-order chi connectivity index (χ0) is 12.6. The lowest BCUT2D eigenvalue weighted by Gasteiger charge is -2.59. The van der Waals surface area contributed by atoms with E-state index < -0.39 is 0 Å². The molecule has 0 saturated heterocycles. The Bertz CT molecular complexity index is 275. The Kier molecular flexibility index (Phi) is 3.50. The summed E-state index contributed by atoms with van der Waals surface area (Å²) < 4.78 is 0. The van der Waals surface area contributed by atoms with Crippen LogP contribution in [0.5, 0.6) is 0 Å². The largest absolute Gasteiger partial charge is 0.271 e. The minimum atomic E-state index is 0.546. The van der Waals surface area contributed by atoms with Gasteiger partial charge in [-0.05, 0) is 81.0 Å². The zero-order valence-electron chi connectivity index (χ0n) is 11.5. The first-order valence-corrected chi connectivity index (χ1v) is 7.83. The van der Waals surface area contributed by atoms with Gasteiger partial charge < -0.3 is 0 Å². The quantitative estimate of drug-likeness (QED) is 0.327. The molecule has 4 rings (SSSR count). The predicted octanol–water partition coefficient (Wildman–Crippen LogP) is 3.39. The van der Waals surface area contributed by atoms with Crippen molar-refractivity contribution in [3.05, 3.63) is 12.7 Å². The Morgan fingerprint density at radius 3 is 2.17 bits per heavy atom. The van der Waals surface area contributed by atoms with Gasteiger partial charge in [-0.1, -0.05) is 6.08 Å².